The monoisotopic (exact) mass is 577 g/mol. The molecule has 42 heavy (non-hydrogen) atoms. The average molecular weight is 578 g/mol. The van der Waals surface area contributed by atoms with Gasteiger partial charge in [-0.1, -0.05) is 60.7 Å². The van der Waals surface area contributed by atoms with E-state index in [1.807, 2.05) is 72.8 Å². The molecular weight excluding hydrogens is 546 g/mol. The lowest BCUT2D eigenvalue weighted by Gasteiger charge is -2.37. The van der Waals surface area contributed by atoms with Crippen molar-refractivity contribution < 1.29 is 48.7 Å². The van der Waals surface area contributed by atoms with E-state index in [4.69, 9.17) is 14.2 Å². The molecule has 3 N–H and O–H groups in total. The number of carboxylic acid groups (broad SMARTS) is 3. The fraction of sp³-hybridized carbons (Fsp3) is 0.290. The highest BCUT2D eigenvalue weighted by molar-refractivity contribution is 6.05. The first-order valence-corrected chi connectivity index (χ1v) is 13.3. The van der Waals surface area contributed by atoms with Crippen LogP contribution < -0.4 is 4.74 Å². The SMILES string of the molecule is C[C@H]([C@H](CCc1ccccc1)c1ccc(Oc2ccccc2)cc1)N(CC(=O)O)C(=O)[C@@]1(C(=O)O)OC[C@H](C(=O)O)O1. The zero-order valence-electron chi connectivity index (χ0n) is 22.8. The number of amides is 1. The highest BCUT2D eigenvalue weighted by atomic mass is 16.8. The highest BCUT2D eigenvalue weighted by Crippen LogP contribution is 2.34. The van der Waals surface area contributed by atoms with Gasteiger partial charge in [-0.3, -0.25) is 9.59 Å². The molecule has 1 fully saturated rings. The van der Waals surface area contributed by atoms with Crippen LogP contribution in [0.25, 0.3) is 0 Å². The van der Waals surface area contributed by atoms with Crippen LogP contribution in [0.15, 0.2) is 84.9 Å². The first-order chi connectivity index (χ1) is 20.1. The Hall–Kier alpha value is -4.74. The number of hydrogen-bond acceptors (Lipinski definition) is 7. The van der Waals surface area contributed by atoms with Gasteiger partial charge in [0.15, 0.2) is 6.10 Å². The van der Waals surface area contributed by atoms with E-state index in [0.29, 0.717) is 24.3 Å². The van der Waals surface area contributed by atoms with Gasteiger partial charge in [-0.2, -0.15) is 0 Å². The smallest absolute Gasteiger partial charge is 0.375 e. The van der Waals surface area contributed by atoms with Crippen LogP contribution in [-0.4, -0.2) is 75.1 Å². The Morgan fingerprint density at radius 1 is 0.905 bits per heavy atom. The molecule has 0 spiro atoms. The Kier molecular flexibility index (Phi) is 9.56. The molecule has 4 rings (SSSR count). The van der Waals surface area contributed by atoms with Gasteiger partial charge in [-0.25, -0.2) is 9.59 Å². The van der Waals surface area contributed by atoms with Crippen molar-refractivity contribution in [2.45, 2.75) is 43.6 Å². The number of carboxylic acids is 3. The molecule has 1 heterocycles. The minimum atomic E-state index is -3.00. The van der Waals surface area contributed by atoms with E-state index in [2.05, 4.69) is 0 Å². The maximum atomic E-state index is 13.7. The van der Waals surface area contributed by atoms with Gasteiger partial charge in [0.2, 0.25) is 0 Å². The molecule has 3 aromatic carbocycles. The Bertz CT molecular complexity index is 1400. The van der Waals surface area contributed by atoms with Crippen molar-refractivity contribution in [3.63, 3.8) is 0 Å². The lowest BCUT2D eigenvalue weighted by molar-refractivity contribution is -0.216. The minimum Gasteiger partial charge on any atom is -0.480 e. The Labute approximate surface area is 241 Å². The molecule has 1 aliphatic rings. The van der Waals surface area contributed by atoms with Crippen LogP contribution in [0, 0.1) is 0 Å². The van der Waals surface area contributed by atoms with E-state index in [0.717, 1.165) is 16.0 Å². The summed E-state index contributed by atoms with van der Waals surface area (Å²) in [5, 5.41) is 28.9. The number of para-hydroxylation sites is 1. The molecule has 0 bridgehead atoms. The summed E-state index contributed by atoms with van der Waals surface area (Å²) in [5.74, 6) is -8.34. The number of carbonyl (C=O) groups is 4. The summed E-state index contributed by atoms with van der Waals surface area (Å²) in [4.78, 5) is 50.2. The number of rotatable bonds is 13. The molecule has 1 saturated heterocycles. The van der Waals surface area contributed by atoms with Crippen molar-refractivity contribution in [1.29, 1.82) is 0 Å². The second kappa shape index (κ2) is 13.3. The molecule has 0 aromatic heterocycles. The first kappa shape index (κ1) is 30.2. The molecule has 220 valence electrons. The van der Waals surface area contributed by atoms with Gasteiger partial charge in [0.05, 0.1) is 6.61 Å². The predicted octanol–water partition coefficient (Wildman–Crippen LogP) is 3.78. The fourth-order valence-corrected chi connectivity index (χ4v) is 4.91. The molecule has 0 unspecified atom stereocenters. The van der Waals surface area contributed by atoms with Crippen LogP contribution in [0.3, 0.4) is 0 Å². The van der Waals surface area contributed by atoms with E-state index in [1.54, 1.807) is 19.1 Å². The molecular formula is C31H31NO10. The molecule has 3 aromatic rings. The molecule has 0 aliphatic carbocycles. The molecule has 0 saturated carbocycles. The van der Waals surface area contributed by atoms with Crippen molar-refractivity contribution in [2.24, 2.45) is 0 Å². The maximum Gasteiger partial charge on any atom is 0.375 e. The van der Waals surface area contributed by atoms with E-state index >= 15 is 0 Å². The van der Waals surface area contributed by atoms with Crippen LogP contribution >= 0.6 is 0 Å². The van der Waals surface area contributed by atoms with Gasteiger partial charge in [0.25, 0.3) is 5.91 Å². The lowest BCUT2D eigenvalue weighted by Crippen LogP contribution is -2.59. The predicted molar refractivity (Wildman–Crippen MR) is 148 cm³/mol. The molecule has 1 aliphatic heterocycles. The van der Waals surface area contributed by atoms with Gasteiger partial charge < -0.3 is 34.4 Å². The number of carbonyl (C=O) groups excluding carboxylic acids is 1. The second-order valence-corrected chi connectivity index (χ2v) is 9.86. The standard InChI is InChI=1S/C31H31NO10/c1-20(32(18-27(33)34)29(37)31(30(38)39)40-19-26(42-31)28(35)36)25(17-12-21-8-4-2-5-9-21)22-13-15-24(16-14-22)41-23-10-6-3-7-11-23/h2-11,13-16,20,25-26H,12,17-19H2,1H3,(H,33,34)(H,35,36)(H,38,39)/t20-,25+,26-,31-/m1/s1. The number of ether oxygens (including phenoxy) is 3. The third-order valence-electron chi connectivity index (χ3n) is 7.10. The highest BCUT2D eigenvalue weighted by Gasteiger charge is 2.59. The van der Waals surface area contributed by atoms with Crippen LogP contribution in [0.1, 0.15) is 30.4 Å². The van der Waals surface area contributed by atoms with Crippen LogP contribution in [-0.2, 0) is 35.1 Å². The van der Waals surface area contributed by atoms with Gasteiger partial charge >= 0.3 is 23.7 Å². The topological polar surface area (TPSA) is 160 Å². The molecule has 0 radical (unpaired) electrons. The quantitative estimate of drug-likeness (QED) is 0.255. The van der Waals surface area contributed by atoms with Crippen LogP contribution in [0.4, 0.5) is 0 Å². The Morgan fingerprint density at radius 2 is 1.50 bits per heavy atom. The summed E-state index contributed by atoms with van der Waals surface area (Å²) < 4.78 is 16.1. The van der Waals surface area contributed by atoms with Gasteiger partial charge in [0.1, 0.15) is 18.0 Å². The molecule has 4 atom stereocenters. The number of hydrogen-bond donors (Lipinski definition) is 3. The summed E-state index contributed by atoms with van der Waals surface area (Å²) in [6.07, 6.45) is -0.670. The Balaban J connectivity index is 1.67. The largest absolute Gasteiger partial charge is 0.480 e. The second-order valence-electron chi connectivity index (χ2n) is 9.86. The van der Waals surface area contributed by atoms with Crippen LogP contribution in [0.5, 0.6) is 11.5 Å². The van der Waals surface area contributed by atoms with E-state index in [1.165, 1.54) is 0 Å². The van der Waals surface area contributed by atoms with Crippen molar-refractivity contribution in [3.8, 4) is 11.5 Å². The number of nitrogens with zero attached hydrogens (tertiary/aromatic N) is 1. The fourth-order valence-electron chi connectivity index (χ4n) is 4.91. The van der Waals surface area contributed by atoms with Gasteiger partial charge in [-0.15, -0.1) is 0 Å². The number of aliphatic carboxylic acids is 3. The normalized spacial score (nSPS) is 19.4. The van der Waals surface area contributed by atoms with Crippen molar-refractivity contribution in [3.05, 3.63) is 96.1 Å². The van der Waals surface area contributed by atoms with Crippen molar-refractivity contribution in [2.75, 3.05) is 13.2 Å². The summed E-state index contributed by atoms with van der Waals surface area (Å²) in [6.45, 7) is 0.0591. The third-order valence-corrected chi connectivity index (χ3v) is 7.10. The summed E-state index contributed by atoms with van der Waals surface area (Å²) in [6, 6.07) is 25.0. The zero-order valence-corrected chi connectivity index (χ0v) is 22.8. The van der Waals surface area contributed by atoms with E-state index in [9.17, 15) is 34.5 Å². The first-order valence-electron chi connectivity index (χ1n) is 13.3. The van der Waals surface area contributed by atoms with E-state index < -0.39 is 60.8 Å². The summed E-state index contributed by atoms with van der Waals surface area (Å²) in [5.41, 5.74) is 1.77. The summed E-state index contributed by atoms with van der Waals surface area (Å²) in [7, 11) is 0. The van der Waals surface area contributed by atoms with Crippen molar-refractivity contribution >= 4 is 23.8 Å². The number of aryl methyl sites for hydroxylation is 1. The average Bonchev–Trinajstić information content (AvgIpc) is 3.45. The maximum absolute atomic E-state index is 13.7. The van der Waals surface area contributed by atoms with Gasteiger partial charge in [0, 0.05) is 12.0 Å². The van der Waals surface area contributed by atoms with E-state index in [-0.39, 0.29) is 0 Å². The zero-order chi connectivity index (χ0) is 30.3. The third kappa shape index (κ3) is 6.93. The lowest BCUT2D eigenvalue weighted by atomic mass is 9.85. The Morgan fingerprint density at radius 3 is 2.05 bits per heavy atom. The number of benzene rings is 3. The van der Waals surface area contributed by atoms with Crippen molar-refractivity contribution in [1.82, 2.24) is 4.90 Å². The molecule has 1 amide bonds. The van der Waals surface area contributed by atoms with Gasteiger partial charge in [-0.05, 0) is 55.2 Å². The molecule has 11 heteroatoms. The van der Waals surface area contributed by atoms with Crippen LogP contribution in [0.2, 0.25) is 0 Å². The molecule has 11 nitrogen and oxygen atoms in total. The minimum absolute atomic E-state index is 0.465. The summed E-state index contributed by atoms with van der Waals surface area (Å²) >= 11 is 0.